The van der Waals surface area contributed by atoms with Crippen molar-refractivity contribution in [1.82, 2.24) is 0 Å². The maximum absolute atomic E-state index is 11.2. The third-order valence-electron chi connectivity index (χ3n) is 5.34. The van der Waals surface area contributed by atoms with Crippen molar-refractivity contribution in [2.24, 2.45) is 11.8 Å². The van der Waals surface area contributed by atoms with Crippen LogP contribution in [0.15, 0.2) is 24.3 Å². The van der Waals surface area contributed by atoms with Gasteiger partial charge in [-0.05, 0) is 6.42 Å². The Morgan fingerprint density at radius 3 is 1.54 bits per heavy atom. The van der Waals surface area contributed by atoms with Gasteiger partial charge < -0.3 is 4.79 Å². The summed E-state index contributed by atoms with van der Waals surface area (Å²) in [5, 5.41) is 0. The molecule has 0 bridgehead atoms. The van der Waals surface area contributed by atoms with Crippen molar-refractivity contribution in [1.29, 1.82) is 0 Å². The fraction of sp³-hybridized carbons (Fsp3) is 0.783. The van der Waals surface area contributed by atoms with Crippen LogP contribution in [-0.4, -0.2) is 6.29 Å². The first-order valence-corrected chi connectivity index (χ1v) is 10.7. The number of hydrogen-bond donors (Lipinski definition) is 0. The largest absolute Gasteiger partial charge is 0.303 e. The second-order valence-corrected chi connectivity index (χ2v) is 7.53. The molecule has 1 unspecified atom stereocenters. The van der Waals surface area contributed by atoms with Crippen LogP contribution in [0, 0.1) is 11.8 Å². The lowest BCUT2D eigenvalue weighted by molar-refractivity contribution is -0.111. The van der Waals surface area contributed by atoms with Gasteiger partial charge in [-0.2, -0.15) is 0 Å². The summed E-state index contributed by atoms with van der Waals surface area (Å²) in [7, 11) is 0. The Labute approximate surface area is 151 Å². The molecule has 1 nitrogen and oxygen atoms in total. The summed E-state index contributed by atoms with van der Waals surface area (Å²) in [6.45, 7) is 2.28. The summed E-state index contributed by atoms with van der Waals surface area (Å²) in [5.41, 5.74) is 0. The highest BCUT2D eigenvalue weighted by molar-refractivity contribution is 5.55. The van der Waals surface area contributed by atoms with E-state index in [9.17, 15) is 4.79 Å². The van der Waals surface area contributed by atoms with E-state index in [2.05, 4.69) is 31.2 Å². The van der Waals surface area contributed by atoms with E-state index >= 15 is 0 Å². The third-order valence-corrected chi connectivity index (χ3v) is 5.34. The van der Waals surface area contributed by atoms with Gasteiger partial charge >= 0.3 is 0 Å². The minimum atomic E-state index is 0.206. The topological polar surface area (TPSA) is 17.1 Å². The van der Waals surface area contributed by atoms with Gasteiger partial charge in [0.25, 0.3) is 0 Å². The summed E-state index contributed by atoms with van der Waals surface area (Å²) < 4.78 is 0. The molecule has 0 fully saturated rings. The Hall–Kier alpha value is -0.850. The predicted octanol–water partition coefficient (Wildman–Crippen LogP) is 7.42. The van der Waals surface area contributed by atoms with Gasteiger partial charge in [0.1, 0.15) is 6.29 Å². The van der Waals surface area contributed by atoms with E-state index < -0.39 is 0 Å². The minimum Gasteiger partial charge on any atom is -0.303 e. The van der Waals surface area contributed by atoms with Crippen molar-refractivity contribution in [2.45, 2.75) is 103 Å². The molecule has 0 aliphatic heterocycles. The Balaban J connectivity index is 1.79. The number of aldehydes is 1. The molecule has 0 amide bonds. The normalized spacial score (nSPS) is 15.2. The van der Waals surface area contributed by atoms with E-state index in [0.29, 0.717) is 5.92 Å². The van der Waals surface area contributed by atoms with Gasteiger partial charge in [0, 0.05) is 11.8 Å². The molecule has 0 aromatic carbocycles. The molecule has 0 radical (unpaired) electrons. The van der Waals surface area contributed by atoms with Gasteiger partial charge in [0.05, 0.1) is 0 Å². The second kappa shape index (κ2) is 15.7. The van der Waals surface area contributed by atoms with Crippen molar-refractivity contribution < 1.29 is 4.79 Å². The standard InChI is InChI=1S/C23H40O/c1-2-3-4-5-6-7-8-9-10-11-12-13-14-15-20-23(21-24)22-18-16-17-19-22/h16-19,21-23H,2-15,20H2,1H3. The monoisotopic (exact) mass is 332 g/mol. The molecule has 1 atom stereocenters. The van der Waals surface area contributed by atoms with Crippen LogP contribution in [-0.2, 0) is 4.79 Å². The molecule has 0 spiro atoms. The maximum atomic E-state index is 11.2. The van der Waals surface area contributed by atoms with Crippen LogP contribution in [0.4, 0.5) is 0 Å². The highest BCUT2D eigenvalue weighted by atomic mass is 16.1. The molecule has 0 aromatic rings. The summed E-state index contributed by atoms with van der Waals surface area (Å²) in [5.74, 6) is 0.571. The Bertz CT molecular complexity index is 330. The number of carbonyl (C=O) groups is 1. The van der Waals surface area contributed by atoms with Crippen molar-refractivity contribution in [2.75, 3.05) is 0 Å². The first-order chi connectivity index (χ1) is 11.9. The zero-order chi connectivity index (χ0) is 17.3. The van der Waals surface area contributed by atoms with E-state index in [-0.39, 0.29) is 5.92 Å². The number of rotatable bonds is 17. The molecule has 0 heterocycles. The lowest BCUT2D eigenvalue weighted by atomic mass is 9.90. The van der Waals surface area contributed by atoms with Crippen molar-refractivity contribution in [3.63, 3.8) is 0 Å². The molecule has 24 heavy (non-hydrogen) atoms. The van der Waals surface area contributed by atoms with Gasteiger partial charge in [-0.15, -0.1) is 0 Å². The Morgan fingerprint density at radius 1 is 0.708 bits per heavy atom. The highest BCUT2D eigenvalue weighted by Crippen LogP contribution is 2.23. The van der Waals surface area contributed by atoms with Crippen molar-refractivity contribution in [3.05, 3.63) is 24.3 Å². The first-order valence-electron chi connectivity index (χ1n) is 10.7. The molecule has 1 heteroatoms. The van der Waals surface area contributed by atoms with Gasteiger partial charge in [-0.3, -0.25) is 0 Å². The number of carbonyl (C=O) groups excluding carboxylic acids is 1. The average Bonchev–Trinajstić information content (AvgIpc) is 3.13. The van der Waals surface area contributed by atoms with Crippen LogP contribution >= 0.6 is 0 Å². The average molecular weight is 333 g/mol. The minimum absolute atomic E-state index is 0.206. The third kappa shape index (κ3) is 10.8. The van der Waals surface area contributed by atoms with E-state index in [0.717, 1.165) is 12.7 Å². The maximum Gasteiger partial charge on any atom is 0.123 e. The quantitative estimate of drug-likeness (QED) is 0.200. The summed E-state index contributed by atoms with van der Waals surface area (Å²) in [6.07, 6.45) is 30.1. The lowest BCUT2D eigenvalue weighted by Crippen LogP contribution is -2.11. The van der Waals surface area contributed by atoms with Crippen LogP contribution in [0.2, 0.25) is 0 Å². The summed E-state index contributed by atoms with van der Waals surface area (Å²) in [4.78, 5) is 11.2. The van der Waals surface area contributed by atoms with E-state index in [1.165, 1.54) is 89.9 Å². The van der Waals surface area contributed by atoms with Crippen LogP contribution in [0.5, 0.6) is 0 Å². The Kier molecular flexibility index (Phi) is 13.8. The summed E-state index contributed by atoms with van der Waals surface area (Å²) >= 11 is 0. The zero-order valence-electron chi connectivity index (χ0n) is 16.1. The molecule has 0 aromatic heterocycles. The van der Waals surface area contributed by atoms with Crippen molar-refractivity contribution in [3.8, 4) is 0 Å². The molecule has 0 N–H and O–H groups in total. The molecular formula is C23H40O. The SMILES string of the molecule is CCCCCCCCCCCCCCCCC(C=O)C1C=CC=C1. The van der Waals surface area contributed by atoms with Gasteiger partial charge in [-0.1, -0.05) is 121 Å². The number of hydrogen-bond acceptors (Lipinski definition) is 1. The fourth-order valence-corrected chi connectivity index (χ4v) is 3.66. The van der Waals surface area contributed by atoms with Crippen LogP contribution in [0.3, 0.4) is 0 Å². The fourth-order valence-electron chi connectivity index (χ4n) is 3.66. The van der Waals surface area contributed by atoms with Crippen LogP contribution < -0.4 is 0 Å². The van der Waals surface area contributed by atoms with E-state index in [1.807, 2.05) is 0 Å². The van der Waals surface area contributed by atoms with E-state index in [1.54, 1.807) is 0 Å². The van der Waals surface area contributed by atoms with Gasteiger partial charge in [0.2, 0.25) is 0 Å². The molecule has 138 valence electrons. The highest BCUT2D eigenvalue weighted by Gasteiger charge is 2.16. The first kappa shape index (κ1) is 21.2. The smallest absolute Gasteiger partial charge is 0.123 e. The number of unbranched alkanes of at least 4 members (excludes halogenated alkanes) is 13. The predicted molar refractivity (Wildman–Crippen MR) is 106 cm³/mol. The molecule has 1 rings (SSSR count). The molecule has 0 saturated heterocycles. The Morgan fingerprint density at radius 2 is 1.12 bits per heavy atom. The van der Waals surface area contributed by atoms with Crippen LogP contribution in [0.1, 0.15) is 103 Å². The summed E-state index contributed by atoms with van der Waals surface area (Å²) in [6, 6.07) is 0. The second-order valence-electron chi connectivity index (χ2n) is 7.53. The molecule has 1 aliphatic rings. The zero-order valence-corrected chi connectivity index (χ0v) is 16.1. The van der Waals surface area contributed by atoms with Gasteiger partial charge in [0.15, 0.2) is 0 Å². The van der Waals surface area contributed by atoms with E-state index in [4.69, 9.17) is 0 Å². The molecular weight excluding hydrogens is 292 g/mol. The van der Waals surface area contributed by atoms with Crippen LogP contribution in [0.25, 0.3) is 0 Å². The lowest BCUT2D eigenvalue weighted by Gasteiger charge is -2.14. The van der Waals surface area contributed by atoms with Crippen molar-refractivity contribution >= 4 is 6.29 Å². The van der Waals surface area contributed by atoms with Gasteiger partial charge in [-0.25, -0.2) is 0 Å². The molecule has 1 aliphatic carbocycles. The molecule has 0 saturated carbocycles. The number of allylic oxidation sites excluding steroid dienone is 4.